The zero-order valence-corrected chi connectivity index (χ0v) is 14.4. The van der Waals surface area contributed by atoms with Crippen LogP contribution in [0.2, 0.25) is 0 Å². The molecule has 25 heavy (non-hydrogen) atoms. The van der Waals surface area contributed by atoms with Crippen molar-refractivity contribution in [2.75, 3.05) is 24.3 Å². The maximum absolute atomic E-state index is 4.50. The molecule has 0 aliphatic rings. The predicted octanol–water partition coefficient (Wildman–Crippen LogP) is 2.94. The number of hydrogen-bond donors (Lipinski definition) is 1. The highest BCUT2D eigenvalue weighted by Crippen LogP contribution is 2.26. The SMILES string of the molecule is CN(C)c1cccc(Nc2ccnc3c(-c4cnn(C)c4)cnn23)c1. The van der Waals surface area contributed by atoms with Gasteiger partial charge in [0.15, 0.2) is 5.65 Å². The Morgan fingerprint density at radius 2 is 1.96 bits per heavy atom. The van der Waals surface area contributed by atoms with Crippen LogP contribution in [0.15, 0.2) is 55.1 Å². The summed E-state index contributed by atoms with van der Waals surface area (Å²) in [5, 5.41) is 12.2. The van der Waals surface area contributed by atoms with Crippen molar-refractivity contribution in [3.8, 4) is 11.1 Å². The van der Waals surface area contributed by atoms with Crippen molar-refractivity contribution < 1.29 is 0 Å². The third-order valence-corrected chi connectivity index (χ3v) is 4.05. The molecule has 0 saturated heterocycles. The van der Waals surface area contributed by atoms with Gasteiger partial charge >= 0.3 is 0 Å². The van der Waals surface area contributed by atoms with E-state index in [4.69, 9.17) is 0 Å². The van der Waals surface area contributed by atoms with E-state index in [2.05, 4.69) is 37.5 Å². The van der Waals surface area contributed by atoms with Crippen LogP contribution in [0.5, 0.6) is 0 Å². The molecule has 0 bridgehead atoms. The number of fused-ring (bicyclic) bond motifs is 1. The van der Waals surface area contributed by atoms with E-state index >= 15 is 0 Å². The van der Waals surface area contributed by atoms with Crippen LogP contribution < -0.4 is 10.2 Å². The average Bonchev–Trinajstić information content (AvgIpc) is 3.21. The Bertz CT molecular complexity index is 1030. The van der Waals surface area contributed by atoms with Crippen LogP contribution in [-0.2, 0) is 7.05 Å². The molecule has 4 rings (SSSR count). The number of aryl methyl sites for hydroxylation is 1. The summed E-state index contributed by atoms with van der Waals surface area (Å²) in [5.74, 6) is 0.857. The Kier molecular flexibility index (Phi) is 3.61. The molecule has 7 heteroatoms. The van der Waals surface area contributed by atoms with E-state index in [1.165, 1.54) is 0 Å². The summed E-state index contributed by atoms with van der Waals surface area (Å²) in [4.78, 5) is 6.56. The first-order valence-corrected chi connectivity index (χ1v) is 7.98. The zero-order chi connectivity index (χ0) is 17.4. The molecule has 1 aromatic carbocycles. The quantitative estimate of drug-likeness (QED) is 0.622. The Hall–Kier alpha value is -3.35. The monoisotopic (exact) mass is 333 g/mol. The molecular weight excluding hydrogens is 314 g/mol. The summed E-state index contributed by atoms with van der Waals surface area (Å²) in [6.07, 6.45) is 7.38. The molecule has 0 saturated carbocycles. The molecule has 126 valence electrons. The summed E-state index contributed by atoms with van der Waals surface area (Å²) >= 11 is 0. The maximum Gasteiger partial charge on any atom is 0.165 e. The molecule has 4 aromatic rings. The second-order valence-corrected chi connectivity index (χ2v) is 6.10. The molecule has 0 atom stereocenters. The lowest BCUT2D eigenvalue weighted by molar-refractivity contribution is 0.768. The molecule has 0 radical (unpaired) electrons. The van der Waals surface area contributed by atoms with E-state index in [1.807, 2.05) is 62.4 Å². The Morgan fingerprint density at radius 1 is 1.08 bits per heavy atom. The van der Waals surface area contributed by atoms with Gasteiger partial charge in [-0.25, -0.2) is 4.98 Å². The van der Waals surface area contributed by atoms with Crippen molar-refractivity contribution in [3.63, 3.8) is 0 Å². The Labute approximate surface area is 145 Å². The van der Waals surface area contributed by atoms with Crippen LogP contribution in [-0.4, -0.2) is 38.5 Å². The summed E-state index contributed by atoms with van der Waals surface area (Å²) in [5.41, 5.74) is 4.88. The Balaban J connectivity index is 1.74. The minimum atomic E-state index is 0.793. The van der Waals surface area contributed by atoms with E-state index in [1.54, 1.807) is 10.9 Å². The second-order valence-electron chi connectivity index (χ2n) is 6.10. The topological polar surface area (TPSA) is 63.3 Å². The van der Waals surface area contributed by atoms with Crippen LogP contribution in [0.3, 0.4) is 0 Å². The van der Waals surface area contributed by atoms with Crippen LogP contribution in [0.4, 0.5) is 17.2 Å². The lowest BCUT2D eigenvalue weighted by Crippen LogP contribution is -2.08. The van der Waals surface area contributed by atoms with Crippen LogP contribution >= 0.6 is 0 Å². The number of rotatable bonds is 4. The molecule has 0 aliphatic carbocycles. The van der Waals surface area contributed by atoms with Gasteiger partial charge in [-0.05, 0) is 24.3 Å². The summed E-state index contributed by atoms with van der Waals surface area (Å²) in [7, 11) is 5.95. The smallest absolute Gasteiger partial charge is 0.165 e. The van der Waals surface area contributed by atoms with Crippen molar-refractivity contribution in [1.29, 1.82) is 0 Å². The molecule has 1 N–H and O–H groups in total. The first-order valence-electron chi connectivity index (χ1n) is 7.98. The number of hydrogen-bond acceptors (Lipinski definition) is 5. The van der Waals surface area contributed by atoms with Gasteiger partial charge < -0.3 is 10.2 Å². The van der Waals surface area contributed by atoms with Gasteiger partial charge in [-0.1, -0.05) is 6.07 Å². The molecular formula is C18H19N7. The summed E-state index contributed by atoms with van der Waals surface area (Å²) in [6, 6.07) is 10.1. The van der Waals surface area contributed by atoms with Gasteiger partial charge in [-0.3, -0.25) is 4.68 Å². The number of nitrogens with zero attached hydrogens (tertiary/aromatic N) is 6. The highest BCUT2D eigenvalue weighted by Gasteiger charge is 2.12. The minimum absolute atomic E-state index is 0.793. The number of anilines is 3. The van der Waals surface area contributed by atoms with Gasteiger partial charge in [0.05, 0.1) is 12.4 Å². The molecule has 0 fully saturated rings. The van der Waals surface area contributed by atoms with Crippen LogP contribution in [0.25, 0.3) is 16.8 Å². The zero-order valence-electron chi connectivity index (χ0n) is 14.4. The minimum Gasteiger partial charge on any atom is -0.378 e. The average molecular weight is 333 g/mol. The highest BCUT2D eigenvalue weighted by atomic mass is 15.3. The summed E-state index contributed by atoms with van der Waals surface area (Å²) < 4.78 is 3.58. The molecule has 0 unspecified atom stereocenters. The van der Waals surface area contributed by atoms with Crippen molar-refractivity contribution in [2.24, 2.45) is 7.05 Å². The third kappa shape index (κ3) is 2.80. The van der Waals surface area contributed by atoms with Crippen LogP contribution in [0.1, 0.15) is 0 Å². The number of aromatic nitrogens is 5. The van der Waals surface area contributed by atoms with Crippen molar-refractivity contribution in [2.45, 2.75) is 0 Å². The molecule has 3 aromatic heterocycles. The second kappa shape index (κ2) is 5.94. The third-order valence-electron chi connectivity index (χ3n) is 4.05. The first-order chi connectivity index (χ1) is 12.1. The largest absolute Gasteiger partial charge is 0.378 e. The fraction of sp³-hybridized carbons (Fsp3) is 0.167. The maximum atomic E-state index is 4.50. The molecule has 0 spiro atoms. The molecule has 0 amide bonds. The van der Waals surface area contributed by atoms with E-state index in [9.17, 15) is 0 Å². The standard InChI is InChI=1S/C18H19N7/c1-23(2)15-6-4-5-14(9-15)22-17-7-8-19-18-16(11-21-25(17)18)13-10-20-24(3)12-13/h4-12,22H,1-3H3. The van der Waals surface area contributed by atoms with Crippen LogP contribution in [0, 0.1) is 0 Å². The number of nitrogens with one attached hydrogen (secondary N) is 1. The Morgan fingerprint density at radius 3 is 2.72 bits per heavy atom. The molecule has 3 heterocycles. The summed E-state index contributed by atoms with van der Waals surface area (Å²) in [6.45, 7) is 0. The van der Waals surface area contributed by atoms with Gasteiger partial charge in [-0.2, -0.15) is 14.7 Å². The molecule has 0 aliphatic heterocycles. The van der Waals surface area contributed by atoms with Gasteiger partial charge in [0.25, 0.3) is 0 Å². The predicted molar refractivity (Wildman–Crippen MR) is 99.2 cm³/mol. The van der Waals surface area contributed by atoms with Crippen molar-refractivity contribution in [3.05, 3.63) is 55.1 Å². The van der Waals surface area contributed by atoms with Gasteiger partial charge in [0.2, 0.25) is 0 Å². The van der Waals surface area contributed by atoms with Crippen molar-refractivity contribution >= 4 is 22.8 Å². The lowest BCUT2D eigenvalue weighted by atomic mass is 10.2. The van der Waals surface area contributed by atoms with Crippen molar-refractivity contribution in [1.82, 2.24) is 24.4 Å². The fourth-order valence-corrected chi connectivity index (χ4v) is 2.76. The van der Waals surface area contributed by atoms with Gasteiger partial charge in [-0.15, -0.1) is 0 Å². The van der Waals surface area contributed by atoms with Gasteiger partial charge in [0, 0.05) is 56.0 Å². The van der Waals surface area contributed by atoms with Gasteiger partial charge in [0.1, 0.15) is 5.82 Å². The van der Waals surface area contributed by atoms with E-state index in [-0.39, 0.29) is 0 Å². The van der Waals surface area contributed by atoms with E-state index in [0.29, 0.717) is 0 Å². The fourth-order valence-electron chi connectivity index (χ4n) is 2.76. The first kappa shape index (κ1) is 15.2. The van der Waals surface area contributed by atoms with E-state index in [0.717, 1.165) is 34.0 Å². The lowest BCUT2D eigenvalue weighted by Gasteiger charge is -2.14. The van der Waals surface area contributed by atoms with E-state index < -0.39 is 0 Å². The number of benzene rings is 1. The highest BCUT2D eigenvalue weighted by molar-refractivity contribution is 5.77. The normalized spacial score (nSPS) is 11.0. The molecule has 7 nitrogen and oxygen atoms in total.